The monoisotopic (exact) mass is 257 g/mol. The van der Waals surface area contributed by atoms with Crippen LogP contribution in [0.15, 0.2) is 0 Å². The molecule has 1 heterocycles. The zero-order valence-electron chi connectivity index (χ0n) is 11.7. The number of hydrogen-bond donors (Lipinski definition) is 2. The number of nitrogens with zero attached hydrogens (tertiary/aromatic N) is 2. The minimum absolute atomic E-state index is 0.220. The van der Waals surface area contributed by atoms with E-state index in [9.17, 15) is 4.79 Å². The van der Waals surface area contributed by atoms with Crippen LogP contribution in [0.5, 0.6) is 0 Å². The highest BCUT2D eigenvalue weighted by atomic mass is 16.4. The molecule has 1 amide bonds. The van der Waals surface area contributed by atoms with Crippen LogP contribution < -0.4 is 5.32 Å². The smallest absolute Gasteiger partial charge is 0.407 e. The van der Waals surface area contributed by atoms with E-state index < -0.39 is 6.09 Å². The van der Waals surface area contributed by atoms with Crippen molar-refractivity contribution < 1.29 is 9.90 Å². The van der Waals surface area contributed by atoms with E-state index in [1.165, 1.54) is 0 Å². The number of nitrogens with one attached hydrogen (secondary N) is 1. The molecule has 1 fully saturated rings. The zero-order chi connectivity index (χ0) is 13.4. The summed E-state index contributed by atoms with van der Waals surface area (Å²) in [4.78, 5) is 14.9. The van der Waals surface area contributed by atoms with Crippen LogP contribution in [0, 0.1) is 0 Å². The third kappa shape index (κ3) is 5.69. The molecule has 0 spiro atoms. The molecule has 0 aromatic carbocycles. The molecule has 0 aliphatic carbocycles. The zero-order valence-corrected chi connectivity index (χ0v) is 11.7. The number of hydrogen-bond acceptors (Lipinski definition) is 3. The van der Waals surface area contributed by atoms with Gasteiger partial charge in [-0.15, -0.1) is 0 Å². The Morgan fingerprint density at radius 1 is 1.39 bits per heavy atom. The molecule has 5 heteroatoms. The molecule has 2 N–H and O–H groups in total. The average molecular weight is 257 g/mol. The van der Waals surface area contributed by atoms with Crippen LogP contribution in [-0.4, -0.2) is 67.3 Å². The fraction of sp³-hybridized carbons (Fsp3) is 0.923. The van der Waals surface area contributed by atoms with E-state index in [-0.39, 0.29) is 6.04 Å². The van der Waals surface area contributed by atoms with Crippen molar-refractivity contribution in [2.75, 3.05) is 40.3 Å². The van der Waals surface area contributed by atoms with Gasteiger partial charge in [0, 0.05) is 12.6 Å². The Morgan fingerprint density at radius 3 is 2.83 bits per heavy atom. The van der Waals surface area contributed by atoms with Crippen molar-refractivity contribution in [3.63, 3.8) is 0 Å². The summed E-state index contributed by atoms with van der Waals surface area (Å²) in [6, 6.07) is 0.220. The summed E-state index contributed by atoms with van der Waals surface area (Å²) in [6.45, 7) is 3.73. The Hall–Kier alpha value is -0.810. The fourth-order valence-corrected chi connectivity index (χ4v) is 2.47. The molecule has 18 heavy (non-hydrogen) atoms. The summed E-state index contributed by atoms with van der Waals surface area (Å²) in [5, 5.41) is 12.5. The lowest BCUT2D eigenvalue weighted by Crippen LogP contribution is -2.44. The molecule has 1 aliphatic heterocycles. The van der Waals surface area contributed by atoms with Crippen LogP contribution in [0.2, 0.25) is 0 Å². The van der Waals surface area contributed by atoms with Crippen molar-refractivity contribution in [3.8, 4) is 0 Å². The quantitative estimate of drug-likeness (QED) is 0.678. The predicted molar refractivity (Wildman–Crippen MR) is 73.0 cm³/mol. The van der Waals surface area contributed by atoms with Gasteiger partial charge in [0.15, 0.2) is 0 Å². The van der Waals surface area contributed by atoms with Gasteiger partial charge in [-0.1, -0.05) is 0 Å². The normalized spacial score (nSPS) is 20.4. The third-order valence-electron chi connectivity index (χ3n) is 3.49. The summed E-state index contributed by atoms with van der Waals surface area (Å²) < 4.78 is 0. The maximum atomic E-state index is 11.1. The molecule has 0 saturated carbocycles. The molecular weight excluding hydrogens is 230 g/mol. The molecule has 1 unspecified atom stereocenters. The number of carbonyl (C=O) groups is 1. The highest BCUT2D eigenvalue weighted by Gasteiger charge is 2.25. The van der Waals surface area contributed by atoms with E-state index in [0.717, 1.165) is 51.7 Å². The predicted octanol–water partition coefficient (Wildman–Crippen LogP) is 1.45. The minimum Gasteiger partial charge on any atom is -0.465 e. The summed E-state index contributed by atoms with van der Waals surface area (Å²) >= 11 is 0. The maximum absolute atomic E-state index is 11.1. The fourth-order valence-electron chi connectivity index (χ4n) is 2.47. The number of carboxylic acid groups (broad SMARTS) is 1. The van der Waals surface area contributed by atoms with Gasteiger partial charge in [-0.25, -0.2) is 4.79 Å². The van der Waals surface area contributed by atoms with Gasteiger partial charge in [0.2, 0.25) is 0 Å². The molecule has 5 nitrogen and oxygen atoms in total. The molecule has 0 bridgehead atoms. The van der Waals surface area contributed by atoms with Crippen LogP contribution >= 0.6 is 0 Å². The van der Waals surface area contributed by atoms with Gasteiger partial charge >= 0.3 is 6.09 Å². The van der Waals surface area contributed by atoms with Crippen molar-refractivity contribution in [2.45, 2.75) is 38.1 Å². The first kappa shape index (κ1) is 15.2. The second-order valence-electron chi connectivity index (χ2n) is 5.32. The van der Waals surface area contributed by atoms with Crippen LogP contribution in [0.3, 0.4) is 0 Å². The molecule has 0 aromatic rings. The van der Waals surface area contributed by atoms with Gasteiger partial charge in [0.25, 0.3) is 0 Å². The summed E-state index contributed by atoms with van der Waals surface area (Å²) in [7, 11) is 4.15. The molecule has 1 rings (SSSR count). The Labute approximate surface area is 110 Å². The van der Waals surface area contributed by atoms with Crippen molar-refractivity contribution in [2.24, 2.45) is 0 Å². The Bertz CT molecular complexity index is 246. The number of rotatable bonds is 7. The number of amides is 1. The van der Waals surface area contributed by atoms with E-state index in [0.29, 0.717) is 6.54 Å². The van der Waals surface area contributed by atoms with Crippen molar-refractivity contribution in [1.29, 1.82) is 0 Å². The molecule has 0 radical (unpaired) electrons. The summed E-state index contributed by atoms with van der Waals surface area (Å²) in [5.74, 6) is 0. The lowest BCUT2D eigenvalue weighted by Gasteiger charge is -2.33. The second-order valence-corrected chi connectivity index (χ2v) is 5.32. The minimum atomic E-state index is -0.757. The molecule has 1 saturated heterocycles. The van der Waals surface area contributed by atoms with Gasteiger partial charge in [-0.3, -0.25) is 0 Å². The van der Waals surface area contributed by atoms with E-state index in [4.69, 9.17) is 5.11 Å². The topological polar surface area (TPSA) is 55.8 Å². The Balaban J connectivity index is 2.11. The van der Waals surface area contributed by atoms with E-state index >= 15 is 0 Å². The van der Waals surface area contributed by atoms with Crippen molar-refractivity contribution in [3.05, 3.63) is 0 Å². The molecule has 106 valence electrons. The standard InChI is InChI=1S/C13H27N3O2/c1-15(2)10-5-8-14-9-7-12-6-3-4-11-16(12)13(17)18/h12,14H,3-11H2,1-2H3,(H,17,18). The average Bonchev–Trinajstić information content (AvgIpc) is 2.33. The van der Waals surface area contributed by atoms with Crippen LogP contribution in [0.1, 0.15) is 32.1 Å². The van der Waals surface area contributed by atoms with Gasteiger partial charge in [0.05, 0.1) is 0 Å². The largest absolute Gasteiger partial charge is 0.465 e. The maximum Gasteiger partial charge on any atom is 0.407 e. The number of piperidine rings is 1. The van der Waals surface area contributed by atoms with Crippen LogP contribution in [0.4, 0.5) is 4.79 Å². The Kier molecular flexibility index (Phi) is 7.05. The third-order valence-corrected chi connectivity index (χ3v) is 3.49. The number of likely N-dealkylation sites (tertiary alicyclic amines) is 1. The molecule has 1 atom stereocenters. The summed E-state index contributed by atoms with van der Waals surface area (Å²) in [5.41, 5.74) is 0. The van der Waals surface area contributed by atoms with Gasteiger partial charge < -0.3 is 20.2 Å². The molecule has 1 aliphatic rings. The second kappa shape index (κ2) is 8.32. The highest BCUT2D eigenvalue weighted by Crippen LogP contribution is 2.19. The first-order valence-electron chi connectivity index (χ1n) is 6.96. The van der Waals surface area contributed by atoms with Crippen molar-refractivity contribution in [1.82, 2.24) is 15.1 Å². The summed E-state index contributed by atoms with van der Waals surface area (Å²) in [6.07, 6.45) is 4.52. The highest BCUT2D eigenvalue weighted by molar-refractivity contribution is 5.65. The molecular formula is C13H27N3O2. The van der Waals surface area contributed by atoms with Crippen LogP contribution in [-0.2, 0) is 0 Å². The molecule has 0 aromatic heterocycles. The van der Waals surface area contributed by atoms with Gasteiger partial charge in [-0.05, 0) is 65.8 Å². The van der Waals surface area contributed by atoms with E-state index in [1.807, 2.05) is 0 Å². The van der Waals surface area contributed by atoms with Crippen LogP contribution in [0.25, 0.3) is 0 Å². The lowest BCUT2D eigenvalue weighted by molar-refractivity contribution is 0.103. The first-order chi connectivity index (χ1) is 8.61. The van der Waals surface area contributed by atoms with Gasteiger partial charge in [-0.2, -0.15) is 0 Å². The van der Waals surface area contributed by atoms with E-state index in [2.05, 4.69) is 24.3 Å². The van der Waals surface area contributed by atoms with Gasteiger partial charge in [0.1, 0.15) is 0 Å². The Morgan fingerprint density at radius 2 is 2.17 bits per heavy atom. The first-order valence-corrected chi connectivity index (χ1v) is 6.96. The van der Waals surface area contributed by atoms with E-state index in [1.54, 1.807) is 4.90 Å². The van der Waals surface area contributed by atoms with Crippen molar-refractivity contribution >= 4 is 6.09 Å². The lowest BCUT2D eigenvalue weighted by atomic mass is 10.00. The SMILES string of the molecule is CN(C)CCCNCCC1CCCCN1C(=O)O.